The average Bonchev–Trinajstić information content (AvgIpc) is 2.67. The van der Waals surface area contributed by atoms with Gasteiger partial charge in [0.1, 0.15) is 0 Å². The van der Waals surface area contributed by atoms with Gasteiger partial charge in [-0.1, -0.05) is 48.5 Å². The van der Waals surface area contributed by atoms with E-state index in [2.05, 4.69) is 42.2 Å². The molecule has 1 saturated heterocycles. The number of para-hydroxylation sites is 1. The van der Waals surface area contributed by atoms with Gasteiger partial charge in [0.05, 0.1) is 0 Å². The molecule has 138 valence electrons. The molecule has 0 spiro atoms. The van der Waals surface area contributed by atoms with Crippen LogP contribution in [0.4, 0.5) is 5.69 Å². The van der Waals surface area contributed by atoms with Crippen molar-refractivity contribution in [2.45, 2.75) is 39.2 Å². The van der Waals surface area contributed by atoms with Crippen LogP contribution in [0.15, 0.2) is 60.7 Å². The van der Waals surface area contributed by atoms with Gasteiger partial charge in [-0.2, -0.15) is 0 Å². The number of piperidine rings is 1. The van der Waals surface area contributed by atoms with Crippen molar-refractivity contribution in [2.75, 3.05) is 24.5 Å². The van der Waals surface area contributed by atoms with Gasteiger partial charge in [-0.15, -0.1) is 0 Å². The van der Waals surface area contributed by atoms with Crippen LogP contribution in [-0.4, -0.2) is 36.5 Å². The standard InChI is InChI=1S/C23H30N2O/c1-19(16-21-10-5-3-6-11-21)24-15-9-12-22(17-24)18-25(20(2)26)23-13-7-4-8-14-23/h3-8,10-11,13-14,19,22H,9,12,15-18H2,1-2H3. The zero-order valence-corrected chi connectivity index (χ0v) is 16.0. The van der Waals surface area contributed by atoms with Crippen LogP contribution in [0.3, 0.4) is 0 Å². The lowest BCUT2D eigenvalue weighted by Crippen LogP contribution is -2.46. The Balaban J connectivity index is 1.61. The summed E-state index contributed by atoms with van der Waals surface area (Å²) in [7, 11) is 0. The van der Waals surface area contributed by atoms with Gasteiger partial charge >= 0.3 is 0 Å². The lowest BCUT2D eigenvalue weighted by atomic mass is 9.94. The van der Waals surface area contributed by atoms with Gasteiger partial charge in [-0.05, 0) is 56.3 Å². The number of carbonyl (C=O) groups is 1. The molecule has 0 saturated carbocycles. The molecule has 1 aliphatic heterocycles. The van der Waals surface area contributed by atoms with Crippen molar-refractivity contribution in [3.05, 3.63) is 66.2 Å². The Bertz CT molecular complexity index is 686. The van der Waals surface area contributed by atoms with Gasteiger partial charge in [0.15, 0.2) is 0 Å². The van der Waals surface area contributed by atoms with Crippen molar-refractivity contribution < 1.29 is 4.79 Å². The molecule has 2 atom stereocenters. The molecule has 2 unspecified atom stereocenters. The topological polar surface area (TPSA) is 23.6 Å². The van der Waals surface area contributed by atoms with Crippen molar-refractivity contribution in [1.29, 1.82) is 0 Å². The SMILES string of the molecule is CC(=O)N(CC1CCCN(C(C)Cc2ccccc2)C1)c1ccccc1. The van der Waals surface area contributed by atoms with Gasteiger partial charge < -0.3 is 4.90 Å². The summed E-state index contributed by atoms with van der Waals surface area (Å²) in [6.07, 6.45) is 3.50. The summed E-state index contributed by atoms with van der Waals surface area (Å²) in [6, 6.07) is 21.3. The van der Waals surface area contributed by atoms with Gasteiger partial charge in [0.2, 0.25) is 5.91 Å². The van der Waals surface area contributed by atoms with Crippen molar-refractivity contribution in [3.8, 4) is 0 Å². The van der Waals surface area contributed by atoms with Crippen molar-refractivity contribution in [2.24, 2.45) is 5.92 Å². The van der Waals surface area contributed by atoms with E-state index in [1.165, 1.54) is 18.4 Å². The summed E-state index contributed by atoms with van der Waals surface area (Å²) in [5, 5.41) is 0. The Morgan fingerprint density at radius 3 is 2.42 bits per heavy atom. The van der Waals surface area contributed by atoms with Gasteiger partial charge in [-0.25, -0.2) is 0 Å². The highest BCUT2D eigenvalue weighted by Gasteiger charge is 2.26. The maximum Gasteiger partial charge on any atom is 0.223 e. The first kappa shape index (κ1) is 18.7. The third-order valence-corrected chi connectivity index (χ3v) is 5.44. The molecule has 1 heterocycles. The number of hydrogen-bond acceptors (Lipinski definition) is 2. The minimum Gasteiger partial charge on any atom is -0.312 e. The molecule has 0 bridgehead atoms. The van der Waals surface area contributed by atoms with Crippen molar-refractivity contribution in [3.63, 3.8) is 0 Å². The van der Waals surface area contributed by atoms with E-state index < -0.39 is 0 Å². The second-order valence-electron chi connectivity index (χ2n) is 7.51. The highest BCUT2D eigenvalue weighted by Crippen LogP contribution is 2.23. The fraction of sp³-hybridized carbons (Fsp3) is 0.435. The van der Waals surface area contributed by atoms with E-state index in [4.69, 9.17) is 0 Å². The summed E-state index contributed by atoms with van der Waals surface area (Å²) in [5.74, 6) is 0.664. The zero-order valence-electron chi connectivity index (χ0n) is 16.0. The van der Waals surface area contributed by atoms with Crippen LogP contribution in [0, 0.1) is 5.92 Å². The molecule has 0 N–H and O–H groups in total. The molecule has 2 aromatic rings. The molecular formula is C23H30N2O. The van der Waals surface area contributed by atoms with Crippen molar-refractivity contribution >= 4 is 11.6 Å². The Morgan fingerprint density at radius 1 is 1.12 bits per heavy atom. The van der Waals surface area contributed by atoms with E-state index in [9.17, 15) is 4.79 Å². The van der Waals surface area contributed by atoms with Crippen LogP contribution < -0.4 is 4.90 Å². The lowest BCUT2D eigenvalue weighted by Gasteiger charge is -2.38. The number of nitrogens with zero attached hydrogens (tertiary/aromatic N) is 2. The van der Waals surface area contributed by atoms with E-state index in [1.807, 2.05) is 35.2 Å². The maximum absolute atomic E-state index is 12.2. The quantitative estimate of drug-likeness (QED) is 0.772. The molecule has 1 fully saturated rings. The van der Waals surface area contributed by atoms with E-state index in [0.717, 1.165) is 31.7 Å². The third-order valence-electron chi connectivity index (χ3n) is 5.44. The normalized spacial score (nSPS) is 19.1. The van der Waals surface area contributed by atoms with Crippen LogP contribution in [0.2, 0.25) is 0 Å². The van der Waals surface area contributed by atoms with E-state index in [-0.39, 0.29) is 5.91 Å². The summed E-state index contributed by atoms with van der Waals surface area (Å²) in [4.78, 5) is 16.7. The molecule has 26 heavy (non-hydrogen) atoms. The predicted octanol–water partition coefficient (Wildman–Crippen LogP) is 4.38. The number of benzene rings is 2. The number of carbonyl (C=O) groups excluding carboxylic acids is 1. The second kappa shape index (κ2) is 9.00. The van der Waals surface area contributed by atoms with Crippen LogP contribution in [0.1, 0.15) is 32.3 Å². The first-order valence-electron chi connectivity index (χ1n) is 9.74. The molecule has 1 aliphatic rings. The van der Waals surface area contributed by atoms with Crippen molar-refractivity contribution in [1.82, 2.24) is 4.90 Å². The fourth-order valence-corrected chi connectivity index (χ4v) is 4.01. The average molecular weight is 351 g/mol. The molecule has 3 nitrogen and oxygen atoms in total. The largest absolute Gasteiger partial charge is 0.312 e. The highest BCUT2D eigenvalue weighted by atomic mass is 16.2. The minimum atomic E-state index is 0.130. The first-order valence-corrected chi connectivity index (χ1v) is 9.74. The Hall–Kier alpha value is -2.13. The van der Waals surface area contributed by atoms with Crippen LogP contribution >= 0.6 is 0 Å². The summed E-state index contributed by atoms with van der Waals surface area (Å²) in [5.41, 5.74) is 2.41. The molecule has 1 amide bonds. The number of hydrogen-bond donors (Lipinski definition) is 0. The van der Waals surface area contributed by atoms with Crippen LogP contribution in [0.5, 0.6) is 0 Å². The summed E-state index contributed by atoms with van der Waals surface area (Å²) < 4.78 is 0. The van der Waals surface area contributed by atoms with Crippen LogP contribution in [0.25, 0.3) is 0 Å². The highest BCUT2D eigenvalue weighted by molar-refractivity contribution is 5.91. The number of amides is 1. The lowest BCUT2D eigenvalue weighted by molar-refractivity contribution is -0.116. The minimum absolute atomic E-state index is 0.130. The second-order valence-corrected chi connectivity index (χ2v) is 7.51. The fourth-order valence-electron chi connectivity index (χ4n) is 4.01. The Kier molecular flexibility index (Phi) is 6.45. The molecular weight excluding hydrogens is 320 g/mol. The monoisotopic (exact) mass is 350 g/mol. The van der Waals surface area contributed by atoms with E-state index >= 15 is 0 Å². The molecule has 3 heteroatoms. The predicted molar refractivity (Wildman–Crippen MR) is 108 cm³/mol. The first-order chi connectivity index (χ1) is 12.6. The number of anilines is 1. The Labute approximate surface area is 157 Å². The van der Waals surface area contributed by atoms with Gasteiger partial charge in [0, 0.05) is 31.7 Å². The summed E-state index contributed by atoms with van der Waals surface area (Å²) >= 11 is 0. The number of likely N-dealkylation sites (tertiary alicyclic amines) is 1. The zero-order chi connectivity index (χ0) is 18.4. The number of rotatable bonds is 6. The van der Waals surface area contributed by atoms with Crippen LogP contribution in [-0.2, 0) is 11.2 Å². The molecule has 0 aromatic heterocycles. The molecule has 2 aromatic carbocycles. The maximum atomic E-state index is 12.2. The van der Waals surface area contributed by atoms with Gasteiger partial charge in [0.25, 0.3) is 0 Å². The smallest absolute Gasteiger partial charge is 0.223 e. The van der Waals surface area contributed by atoms with E-state index in [1.54, 1.807) is 6.92 Å². The molecule has 0 aliphatic carbocycles. The van der Waals surface area contributed by atoms with E-state index in [0.29, 0.717) is 12.0 Å². The Morgan fingerprint density at radius 2 is 1.77 bits per heavy atom. The van der Waals surface area contributed by atoms with Gasteiger partial charge in [-0.3, -0.25) is 9.69 Å². The summed E-state index contributed by atoms with van der Waals surface area (Å²) in [6.45, 7) is 7.05. The molecule has 0 radical (unpaired) electrons. The third kappa shape index (κ3) is 4.95. The molecule has 3 rings (SSSR count).